The number of nitrogen functional groups attached to an aromatic ring is 1. The van der Waals surface area contributed by atoms with Crippen molar-refractivity contribution in [3.63, 3.8) is 0 Å². The van der Waals surface area contributed by atoms with Crippen LogP contribution in [0.4, 0.5) is 5.69 Å². The molecule has 0 bridgehead atoms. The average Bonchev–Trinajstić information content (AvgIpc) is 2.20. The van der Waals surface area contributed by atoms with E-state index in [0.29, 0.717) is 11.3 Å². The molecule has 0 spiro atoms. The molecule has 1 atom stereocenters. The third-order valence-corrected chi connectivity index (χ3v) is 2.37. The first kappa shape index (κ1) is 13.7. The van der Waals surface area contributed by atoms with Crippen molar-refractivity contribution in [1.29, 1.82) is 0 Å². The Balaban J connectivity index is 2.73. The van der Waals surface area contributed by atoms with Gasteiger partial charge in [-0.25, -0.2) is 4.98 Å². The van der Waals surface area contributed by atoms with E-state index in [-0.39, 0.29) is 17.1 Å². The maximum Gasteiger partial charge on any atom is 0.253 e. The van der Waals surface area contributed by atoms with Crippen LogP contribution in [0.3, 0.4) is 0 Å². The van der Waals surface area contributed by atoms with Gasteiger partial charge in [0.15, 0.2) is 0 Å². The number of nitrogens with zero attached hydrogens (tertiary/aromatic N) is 2. The molecule has 5 nitrogen and oxygen atoms in total. The molecular weight excluding hydrogens is 240 g/mol. The normalized spacial score (nSPS) is 12.5. The summed E-state index contributed by atoms with van der Waals surface area (Å²) in [5, 5.41) is 3.10. The second kappa shape index (κ2) is 5.84. The van der Waals surface area contributed by atoms with Crippen LogP contribution in [0.15, 0.2) is 12.3 Å². The van der Waals surface area contributed by atoms with Crippen LogP contribution in [-0.4, -0.2) is 42.5 Å². The zero-order chi connectivity index (χ0) is 13.0. The highest BCUT2D eigenvalue weighted by atomic mass is 35.5. The van der Waals surface area contributed by atoms with Gasteiger partial charge in [0.1, 0.15) is 5.15 Å². The van der Waals surface area contributed by atoms with Crippen molar-refractivity contribution in [2.75, 3.05) is 26.4 Å². The van der Waals surface area contributed by atoms with Crippen molar-refractivity contribution in [2.45, 2.75) is 13.0 Å². The van der Waals surface area contributed by atoms with E-state index in [2.05, 4.69) is 10.3 Å². The summed E-state index contributed by atoms with van der Waals surface area (Å²) in [6.45, 7) is 2.68. The van der Waals surface area contributed by atoms with Crippen LogP contribution in [0.5, 0.6) is 0 Å². The zero-order valence-electron chi connectivity index (χ0n) is 10.2. The van der Waals surface area contributed by atoms with Crippen molar-refractivity contribution in [2.24, 2.45) is 0 Å². The summed E-state index contributed by atoms with van der Waals surface area (Å²) in [6.07, 6.45) is 1.38. The van der Waals surface area contributed by atoms with Gasteiger partial charge in [-0.1, -0.05) is 11.6 Å². The molecule has 1 rings (SSSR count). The molecule has 0 aromatic carbocycles. The van der Waals surface area contributed by atoms with Gasteiger partial charge in [-0.05, 0) is 27.1 Å². The maximum atomic E-state index is 11.9. The summed E-state index contributed by atoms with van der Waals surface area (Å²) in [5.74, 6) is -0.235. The molecule has 6 heteroatoms. The van der Waals surface area contributed by atoms with Crippen molar-refractivity contribution in [3.8, 4) is 0 Å². The van der Waals surface area contributed by atoms with E-state index in [4.69, 9.17) is 17.3 Å². The van der Waals surface area contributed by atoms with E-state index in [0.717, 1.165) is 6.54 Å². The number of hydrogen-bond acceptors (Lipinski definition) is 4. The van der Waals surface area contributed by atoms with E-state index in [1.807, 2.05) is 25.9 Å². The van der Waals surface area contributed by atoms with Crippen LogP contribution in [0.2, 0.25) is 5.15 Å². The molecule has 17 heavy (non-hydrogen) atoms. The minimum Gasteiger partial charge on any atom is -0.397 e. The smallest absolute Gasteiger partial charge is 0.253 e. The first-order valence-electron chi connectivity index (χ1n) is 5.26. The quantitative estimate of drug-likeness (QED) is 0.789. The summed E-state index contributed by atoms with van der Waals surface area (Å²) in [4.78, 5) is 17.7. The number of nitrogens with one attached hydrogen (secondary N) is 1. The number of carbonyl (C=O) groups excluding carboxylic acids is 1. The number of halogens is 1. The van der Waals surface area contributed by atoms with Gasteiger partial charge in [-0.2, -0.15) is 0 Å². The Kier molecular flexibility index (Phi) is 4.72. The van der Waals surface area contributed by atoms with Gasteiger partial charge in [-0.3, -0.25) is 4.79 Å². The van der Waals surface area contributed by atoms with Crippen LogP contribution in [0.1, 0.15) is 17.3 Å². The standard InChI is InChI=1S/C11H17ClN4O/c1-7(6-16(2)3)15-11(17)8-4-10(12)14-5-9(8)13/h4-5,7H,6,13H2,1-3H3,(H,15,17). The molecule has 1 heterocycles. The molecule has 94 valence electrons. The molecule has 0 radical (unpaired) electrons. The molecule has 3 N–H and O–H groups in total. The Morgan fingerprint density at radius 1 is 1.65 bits per heavy atom. The average molecular weight is 257 g/mol. The number of amides is 1. The molecule has 0 saturated heterocycles. The first-order valence-corrected chi connectivity index (χ1v) is 5.64. The summed E-state index contributed by atoms with van der Waals surface area (Å²) >= 11 is 5.73. The minimum absolute atomic E-state index is 0.0313. The molecule has 1 unspecified atom stereocenters. The van der Waals surface area contributed by atoms with Crippen LogP contribution in [0.25, 0.3) is 0 Å². The number of carbonyl (C=O) groups is 1. The van der Waals surface area contributed by atoms with Gasteiger partial charge in [0.2, 0.25) is 0 Å². The topological polar surface area (TPSA) is 71.2 Å². The third-order valence-electron chi connectivity index (χ3n) is 2.16. The van der Waals surface area contributed by atoms with Crippen LogP contribution < -0.4 is 11.1 Å². The number of pyridine rings is 1. The lowest BCUT2D eigenvalue weighted by Gasteiger charge is -2.18. The summed E-state index contributed by atoms with van der Waals surface area (Å²) in [6, 6.07) is 1.50. The monoisotopic (exact) mass is 256 g/mol. The summed E-state index contributed by atoms with van der Waals surface area (Å²) in [7, 11) is 3.89. The Morgan fingerprint density at radius 2 is 2.29 bits per heavy atom. The molecule has 0 saturated carbocycles. The molecule has 0 aliphatic heterocycles. The number of likely N-dealkylation sites (N-methyl/N-ethyl adjacent to an activating group) is 1. The third kappa shape index (κ3) is 4.20. The summed E-state index contributed by atoms with van der Waals surface area (Å²) in [5.41, 5.74) is 6.36. The highest BCUT2D eigenvalue weighted by Gasteiger charge is 2.13. The van der Waals surface area contributed by atoms with Crippen molar-refractivity contribution in [1.82, 2.24) is 15.2 Å². The van der Waals surface area contributed by atoms with E-state index < -0.39 is 0 Å². The first-order chi connectivity index (χ1) is 7.90. The van der Waals surface area contributed by atoms with Crippen LogP contribution in [-0.2, 0) is 0 Å². The van der Waals surface area contributed by atoms with Crippen molar-refractivity contribution < 1.29 is 4.79 Å². The lowest BCUT2D eigenvalue weighted by atomic mass is 10.2. The van der Waals surface area contributed by atoms with E-state index >= 15 is 0 Å². The molecule has 1 amide bonds. The van der Waals surface area contributed by atoms with Gasteiger partial charge in [0.05, 0.1) is 17.4 Å². The predicted molar refractivity (Wildman–Crippen MR) is 69.1 cm³/mol. The zero-order valence-corrected chi connectivity index (χ0v) is 11.0. The van der Waals surface area contributed by atoms with Gasteiger partial charge in [0, 0.05) is 12.6 Å². The number of nitrogens with two attached hydrogens (primary N) is 1. The molecule has 0 aliphatic rings. The Morgan fingerprint density at radius 3 is 2.88 bits per heavy atom. The number of anilines is 1. The Labute approximate surface area is 106 Å². The molecular formula is C11H17ClN4O. The van der Waals surface area contributed by atoms with Gasteiger partial charge < -0.3 is 16.0 Å². The fourth-order valence-corrected chi connectivity index (χ4v) is 1.69. The van der Waals surface area contributed by atoms with E-state index in [9.17, 15) is 4.79 Å². The molecule has 1 aromatic heterocycles. The highest BCUT2D eigenvalue weighted by molar-refractivity contribution is 6.29. The molecule has 0 fully saturated rings. The second-order valence-electron chi connectivity index (χ2n) is 4.23. The lowest BCUT2D eigenvalue weighted by molar-refractivity contribution is 0.0935. The van der Waals surface area contributed by atoms with E-state index in [1.54, 1.807) is 0 Å². The maximum absolute atomic E-state index is 11.9. The fraction of sp³-hybridized carbons (Fsp3) is 0.455. The number of rotatable bonds is 4. The van der Waals surface area contributed by atoms with E-state index in [1.165, 1.54) is 12.3 Å². The highest BCUT2D eigenvalue weighted by Crippen LogP contribution is 2.14. The minimum atomic E-state index is -0.235. The molecule has 0 aliphatic carbocycles. The van der Waals surface area contributed by atoms with Gasteiger partial charge in [0.25, 0.3) is 5.91 Å². The van der Waals surface area contributed by atoms with Crippen LogP contribution >= 0.6 is 11.6 Å². The summed E-state index contributed by atoms with van der Waals surface area (Å²) < 4.78 is 0. The molecule has 1 aromatic rings. The Bertz CT molecular complexity index is 408. The van der Waals surface area contributed by atoms with Crippen molar-refractivity contribution >= 4 is 23.2 Å². The van der Waals surface area contributed by atoms with Gasteiger partial charge >= 0.3 is 0 Å². The second-order valence-corrected chi connectivity index (χ2v) is 4.62. The number of hydrogen-bond donors (Lipinski definition) is 2. The largest absolute Gasteiger partial charge is 0.397 e. The predicted octanol–water partition coefficient (Wildman–Crippen LogP) is 0.997. The lowest BCUT2D eigenvalue weighted by Crippen LogP contribution is -2.39. The SMILES string of the molecule is CC(CN(C)C)NC(=O)c1cc(Cl)ncc1N. The number of aromatic nitrogens is 1. The van der Waals surface area contributed by atoms with Gasteiger partial charge in [-0.15, -0.1) is 0 Å². The fourth-order valence-electron chi connectivity index (χ4n) is 1.53. The Hall–Kier alpha value is -1.33. The van der Waals surface area contributed by atoms with Crippen molar-refractivity contribution in [3.05, 3.63) is 23.0 Å². The van der Waals surface area contributed by atoms with Crippen LogP contribution in [0, 0.1) is 0 Å².